The van der Waals surface area contributed by atoms with Crippen LogP contribution < -0.4 is 0 Å². The average molecular weight is 272 g/mol. The summed E-state index contributed by atoms with van der Waals surface area (Å²) < 4.78 is 11.0. The van der Waals surface area contributed by atoms with E-state index in [4.69, 9.17) is 9.16 Å². The fourth-order valence-electron chi connectivity index (χ4n) is 1.36. The molecule has 0 aliphatic rings. The maximum atomic E-state index is 11.6. The van der Waals surface area contributed by atoms with Crippen LogP contribution in [0.2, 0.25) is 18.1 Å². The van der Waals surface area contributed by atoms with Crippen LogP contribution in [0.25, 0.3) is 0 Å². The lowest BCUT2D eigenvalue weighted by atomic mass is 10.1. The Morgan fingerprint density at radius 2 is 1.83 bits per heavy atom. The summed E-state index contributed by atoms with van der Waals surface area (Å²) in [6.07, 6.45) is 1.54. The molecule has 0 fully saturated rings. The molecule has 18 heavy (non-hydrogen) atoms. The summed E-state index contributed by atoms with van der Waals surface area (Å²) in [5, 5.41) is 0.120. The zero-order valence-corrected chi connectivity index (χ0v) is 13.9. The Balaban J connectivity index is 4.94. The highest BCUT2D eigenvalue weighted by Crippen LogP contribution is 2.38. The molecule has 0 radical (unpaired) electrons. The number of esters is 1. The first-order valence-electron chi connectivity index (χ1n) is 6.51. The van der Waals surface area contributed by atoms with Crippen LogP contribution >= 0.6 is 0 Å². The number of hydrogen-bond donors (Lipinski definition) is 0. The second-order valence-electron chi connectivity index (χ2n) is 6.17. The van der Waals surface area contributed by atoms with Crippen LogP contribution in [0.15, 0.2) is 12.2 Å². The molecule has 0 rings (SSSR count). The number of hydrogen-bond acceptors (Lipinski definition) is 3. The van der Waals surface area contributed by atoms with Crippen molar-refractivity contribution in [1.29, 1.82) is 0 Å². The van der Waals surface area contributed by atoms with Crippen molar-refractivity contribution in [2.24, 2.45) is 0 Å². The van der Waals surface area contributed by atoms with E-state index in [1.54, 1.807) is 0 Å². The van der Waals surface area contributed by atoms with Gasteiger partial charge in [0.15, 0.2) is 8.32 Å². The summed E-state index contributed by atoms with van der Waals surface area (Å²) in [4.78, 5) is 11.6. The molecule has 0 amide bonds. The van der Waals surface area contributed by atoms with Gasteiger partial charge in [-0.15, -0.1) is 0 Å². The van der Waals surface area contributed by atoms with Crippen molar-refractivity contribution in [3.05, 3.63) is 12.2 Å². The summed E-state index contributed by atoms with van der Waals surface area (Å²) in [7, 11) is -0.517. The number of carbonyl (C=O) groups excluding carboxylic acids is 1. The molecule has 0 saturated carbocycles. The van der Waals surface area contributed by atoms with E-state index < -0.39 is 8.32 Å². The lowest BCUT2D eigenvalue weighted by molar-refractivity contribution is -0.137. The van der Waals surface area contributed by atoms with Crippen LogP contribution in [-0.2, 0) is 14.0 Å². The molecule has 0 aromatic heterocycles. The third kappa shape index (κ3) is 4.57. The van der Waals surface area contributed by atoms with Crippen molar-refractivity contribution in [2.45, 2.75) is 64.8 Å². The molecule has 0 saturated heterocycles. The Hall–Kier alpha value is -0.613. The smallest absolute Gasteiger partial charge is 0.335 e. The third-order valence-corrected chi connectivity index (χ3v) is 8.12. The minimum absolute atomic E-state index is 0.120. The Morgan fingerprint density at radius 3 is 2.17 bits per heavy atom. The van der Waals surface area contributed by atoms with Gasteiger partial charge in [-0.25, -0.2) is 4.79 Å². The van der Waals surface area contributed by atoms with Gasteiger partial charge >= 0.3 is 5.97 Å². The molecule has 0 heterocycles. The van der Waals surface area contributed by atoms with Gasteiger partial charge < -0.3 is 9.16 Å². The first-order valence-corrected chi connectivity index (χ1v) is 9.42. The van der Waals surface area contributed by atoms with Gasteiger partial charge in [0, 0.05) is 0 Å². The van der Waals surface area contributed by atoms with Gasteiger partial charge in [0.05, 0.1) is 18.8 Å². The molecule has 1 atom stereocenters. The molecular formula is C14H28O3Si. The fourth-order valence-corrected chi connectivity index (χ4v) is 2.69. The number of methoxy groups -OCH3 is 1. The lowest BCUT2D eigenvalue weighted by Crippen LogP contribution is -2.45. The van der Waals surface area contributed by atoms with Crippen molar-refractivity contribution < 1.29 is 14.0 Å². The first-order chi connectivity index (χ1) is 8.06. The second kappa shape index (κ2) is 6.52. The SMILES string of the molecule is C=C(C(=O)OC)C(CCC)O[Si](C)(C)C(C)(C)C. The van der Waals surface area contributed by atoms with E-state index in [-0.39, 0.29) is 17.1 Å². The van der Waals surface area contributed by atoms with Crippen molar-refractivity contribution in [1.82, 2.24) is 0 Å². The van der Waals surface area contributed by atoms with E-state index in [0.29, 0.717) is 5.57 Å². The molecule has 0 aliphatic heterocycles. The Morgan fingerprint density at radius 1 is 1.33 bits per heavy atom. The van der Waals surface area contributed by atoms with Crippen molar-refractivity contribution in [2.75, 3.05) is 7.11 Å². The van der Waals surface area contributed by atoms with Gasteiger partial charge in [0.25, 0.3) is 0 Å². The highest BCUT2D eigenvalue weighted by Gasteiger charge is 2.40. The average Bonchev–Trinajstić information content (AvgIpc) is 2.24. The second-order valence-corrected chi connectivity index (χ2v) is 10.9. The van der Waals surface area contributed by atoms with Gasteiger partial charge in [-0.05, 0) is 24.6 Å². The van der Waals surface area contributed by atoms with Gasteiger partial charge in [0.2, 0.25) is 0 Å². The van der Waals surface area contributed by atoms with E-state index in [2.05, 4.69) is 47.4 Å². The molecule has 0 spiro atoms. The van der Waals surface area contributed by atoms with Crippen molar-refractivity contribution >= 4 is 14.3 Å². The summed E-state index contributed by atoms with van der Waals surface area (Å²) in [5.74, 6) is -0.368. The van der Waals surface area contributed by atoms with Crippen LogP contribution in [0.1, 0.15) is 40.5 Å². The topological polar surface area (TPSA) is 35.5 Å². The van der Waals surface area contributed by atoms with Gasteiger partial charge in [-0.2, -0.15) is 0 Å². The van der Waals surface area contributed by atoms with Crippen LogP contribution in [0, 0.1) is 0 Å². The maximum absolute atomic E-state index is 11.6. The van der Waals surface area contributed by atoms with E-state index >= 15 is 0 Å². The van der Waals surface area contributed by atoms with E-state index in [9.17, 15) is 4.79 Å². The minimum Gasteiger partial charge on any atom is -0.466 e. The van der Waals surface area contributed by atoms with Crippen molar-refractivity contribution in [3.63, 3.8) is 0 Å². The molecule has 0 aromatic rings. The molecule has 0 aliphatic carbocycles. The lowest BCUT2D eigenvalue weighted by Gasteiger charge is -2.39. The fraction of sp³-hybridized carbons (Fsp3) is 0.786. The first kappa shape index (κ1) is 17.4. The largest absolute Gasteiger partial charge is 0.466 e. The molecule has 106 valence electrons. The third-order valence-electron chi connectivity index (χ3n) is 3.63. The van der Waals surface area contributed by atoms with Gasteiger partial charge in [0.1, 0.15) is 0 Å². The normalized spacial score (nSPS) is 14.2. The molecule has 3 nitrogen and oxygen atoms in total. The maximum Gasteiger partial charge on any atom is 0.335 e. The van der Waals surface area contributed by atoms with Crippen LogP contribution in [0.5, 0.6) is 0 Å². The quantitative estimate of drug-likeness (QED) is 0.418. The minimum atomic E-state index is -1.90. The molecule has 0 bridgehead atoms. The van der Waals surface area contributed by atoms with Gasteiger partial charge in [-0.1, -0.05) is 40.7 Å². The number of carbonyl (C=O) groups is 1. The summed E-state index contributed by atoms with van der Waals surface area (Å²) in [6.45, 7) is 16.8. The standard InChI is InChI=1S/C14H28O3Si/c1-9-10-12(11(2)13(15)16-6)17-18(7,8)14(3,4)5/h12H,2,9-10H2,1,3-8H3. The Labute approximate surface area is 113 Å². The predicted molar refractivity (Wildman–Crippen MR) is 78.1 cm³/mol. The van der Waals surface area contributed by atoms with Crippen LogP contribution in [0.4, 0.5) is 0 Å². The molecule has 0 aromatic carbocycles. The van der Waals surface area contributed by atoms with E-state index in [0.717, 1.165) is 12.8 Å². The monoisotopic (exact) mass is 272 g/mol. The van der Waals surface area contributed by atoms with E-state index in [1.807, 2.05) is 0 Å². The highest BCUT2D eigenvalue weighted by molar-refractivity contribution is 6.74. The summed E-state index contributed by atoms with van der Waals surface area (Å²) in [6, 6.07) is 0. The number of ether oxygens (including phenoxy) is 1. The highest BCUT2D eigenvalue weighted by atomic mass is 28.4. The Bertz CT molecular complexity index is 303. The van der Waals surface area contributed by atoms with Crippen LogP contribution in [-0.4, -0.2) is 27.5 Å². The predicted octanol–water partition coefficient (Wildman–Crippen LogP) is 3.91. The molecule has 4 heteroatoms. The zero-order valence-electron chi connectivity index (χ0n) is 12.9. The molecular weight excluding hydrogens is 244 g/mol. The Kier molecular flexibility index (Phi) is 6.30. The van der Waals surface area contributed by atoms with Crippen LogP contribution in [0.3, 0.4) is 0 Å². The molecule has 1 unspecified atom stereocenters. The van der Waals surface area contributed by atoms with E-state index in [1.165, 1.54) is 7.11 Å². The zero-order chi connectivity index (χ0) is 14.6. The molecule has 0 N–H and O–H groups in total. The number of rotatable bonds is 6. The van der Waals surface area contributed by atoms with Gasteiger partial charge in [-0.3, -0.25) is 0 Å². The van der Waals surface area contributed by atoms with Crippen molar-refractivity contribution in [3.8, 4) is 0 Å². The summed E-state index contributed by atoms with van der Waals surface area (Å²) in [5.41, 5.74) is 0.434. The summed E-state index contributed by atoms with van der Waals surface area (Å²) >= 11 is 0.